The van der Waals surface area contributed by atoms with Crippen LogP contribution in [0.4, 0.5) is 5.82 Å². The fourth-order valence-corrected chi connectivity index (χ4v) is 2.49. The highest BCUT2D eigenvalue weighted by Gasteiger charge is 2.16. The van der Waals surface area contributed by atoms with Gasteiger partial charge < -0.3 is 5.73 Å². The molecule has 7 heteroatoms. The van der Waals surface area contributed by atoms with Gasteiger partial charge in [0.1, 0.15) is 12.2 Å². The summed E-state index contributed by atoms with van der Waals surface area (Å²) in [7, 11) is 0. The lowest BCUT2D eigenvalue weighted by atomic mass is 10.3. The summed E-state index contributed by atoms with van der Waals surface area (Å²) in [6, 6.07) is 7.74. The Hall–Kier alpha value is -3.09. The minimum Gasteiger partial charge on any atom is -0.382 e. The first kappa shape index (κ1) is 12.6. The van der Waals surface area contributed by atoms with E-state index in [1.54, 1.807) is 6.20 Å². The van der Waals surface area contributed by atoms with Crippen LogP contribution in [0.3, 0.4) is 0 Å². The number of imidazole rings is 1. The molecule has 0 saturated carbocycles. The maximum absolute atomic E-state index is 5.90. The molecule has 3 aromatic heterocycles. The van der Waals surface area contributed by atoms with Gasteiger partial charge in [0, 0.05) is 6.42 Å². The number of aromatic nitrogens is 6. The fourth-order valence-electron chi connectivity index (χ4n) is 2.49. The van der Waals surface area contributed by atoms with Crippen molar-refractivity contribution in [1.82, 2.24) is 29.5 Å². The SMILES string of the molecule is CCc1nc2c(N)ncnc2n1-c1cnc2ccccc2n1. The van der Waals surface area contributed by atoms with Gasteiger partial charge in [0.25, 0.3) is 0 Å². The van der Waals surface area contributed by atoms with E-state index < -0.39 is 0 Å². The van der Waals surface area contributed by atoms with E-state index in [2.05, 4.69) is 24.9 Å². The van der Waals surface area contributed by atoms with Gasteiger partial charge in [0.2, 0.25) is 0 Å². The van der Waals surface area contributed by atoms with Crippen LogP contribution in [-0.2, 0) is 6.42 Å². The highest BCUT2D eigenvalue weighted by Crippen LogP contribution is 2.22. The molecule has 7 nitrogen and oxygen atoms in total. The van der Waals surface area contributed by atoms with Crippen LogP contribution in [-0.4, -0.2) is 29.5 Å². The van der Waals surface area contributed by atoms with Crippen molar-refractivity contribution in [3.8, 4) is 5.82 Å². The molecule has 0 aliphatic heterocycles. The maximum atomic E-state index is 5.90. The number of hydrogen-bond donors (Lipinski definition) is 1. The Morgan fingerprint density at radius 3 is 2.68 bits per heavy atom. The molecule has 0 unspecified atom stereocenters. The van der Waals surface area contributed by atoms with Gasteiger partial charge in [-0.25, -0.2) is 19.9 Å². The predicted molar refractivity (Wildman–Crippen MR) is 83.5 cm³/mol. The Kier molecular flexibility index (Phi) is 2.72. The number of hydrogen-bond acceptors (Lipinski definition) is 6. The maximum Gasteiger partial charge on any atom is 0.171 e. The number of nitrogen functional groups attached to an aromatic ring is 1. The normalized spacial score (nSPS) is 11.3. The third kappa shape index (κ3) is 1.79. The van der Waals surface area contributed by atoms with E-state index in [9.17, 15) is 0 Å². The molecule has 2 N–H and O–H groups in total. The lowest BCUT2D eigenvalue weighted by molar-refractivity contribution is 0.877. The number of benzene rings is 1. The largest absolute Gasteiger partial charge is 0.382 e. The molecule has 3 heterocycles. The Morgan fingerprint density at radius 1 is 1.05 bits per heavy atom. The van der Waals surface area contributed by atoms with Gasteiger partial charge in [-0.1, -0.05) is 19.1 Å². The summed E-state index contributed by atoms with van der Waals surface area (Å²) in [6.07, 6.45) is 3.88. The van der Waals surface area contributed by atoms with Gasteiger partial charge in [0.05, 0.1) is 17.2 Å². The summed E-state index contributed by atoms with van der Waals surface area (Å²) in [5, 5.41) is 0. The predicted octanol–water partition coefficient (Wildman–Crippen LogP) is 1.90. The molecule has 108 valence electrons. The van der Waals surface area contributed by atoms with E-state index in [0.717, 1.165) is 23.3 Å². The summed E-state index contributed by atoms with van der Waals surface area (Å²) in [5.74, 6) is 1.87. The topological polar surface area (TPSA) is 95.4 Å². The summed E-state index contributed by atoms with van der Waals surface area (Å²) in [5.41, 5.74) is 8.81. The van der Waals surface area contributed by atoms with Crippen molar-refractivity contribution in [2.75, 3.05) is 5.73 Å². The van der Waals surface area contributed by atoms with E-state index in [1.165, 1.54) is 6.33 Å². The lowest BCUT2D eigenvalue weighted by Gasteiger charge is -2.07. The zero-order valence-corrected chi connectivity index (χ0v) is 11.9. The fraction of sp³-hybridized carbons (Fsp3) is 0.133. The minimum atomic E-state index is 0.368. The second-order valence-electron chi connectivity index (χ2n) is 4.87. The van der Waals surface area contributed by atoms with Gasteiger partial charge in [-0.05, 0) is 12.1 Å². The van der Waals surface area contributed by atoms with Gasteiger partial charge in [-0.15, -0.1) is 0 Å². The molecule has 0 bridgehead atoms. The van der Waals surface area contributed by atoms with E-state index in [4.69, 9.17) is 5.73 Å². The van der Waals surface area contributed by atoms with E-state index >= 15 is 0 Å². The summed E-state index contributed by atoms with van der Waals surface area (Å²) < 4.78 is 1.88. The number of para-hydroxylation sites is 2. The minimum absolute atomic E-state index is 0.368. The number of anilines is 1. The summed E-state index contributed by atoms with van der Waals surface area (Å²) >= 11 is 0. The van der Waals surface area contributed by atoms with E-state index in [0.29, 0.717) is 22.8 Å². The van der Waals surface area contributed by atoms with Crippen LogP contribution in [0.2, 0.25) is 0 Å². The van der Waals surface area contributed by atoms with Crippen LogP contribution in [0, 0.1) is 0 Å². The zero-order chi connectivity index (χ0) is 15.1. The van der Waals surface area contributed by atoms with Crippen LogP contribution in [0.15, 0.2) is 36.8 Å². The van der Waals surface area contributed by atoms with Crippen molar-refractivity contribution < 1.29 is 0 Å². The van der Waals surface area contributed by atoms with Crippen LogP contribution in [0.5, 0.6) is 0 Å². The first-order valence-electron chi connectivity index (χ1n) is 6.98. The van der Waals surface area contributed by atoms with Crippen molar-refractivity contribution in [3.63, 3.8) is 0 Å². The molecule has 0 spiro atoms. The second kappa shape index (κ2) is 4.73. The highest BCUT2D eigenvalue weighted by atomic mass is 15.2. The molecule has 0 aliphatic rings. The summed E-state index contributed by atoms with van der Waals surface area (Å²) in [4.78, 5) is 22.0. The van der Waals surface area contributed by atoms with Gasteiger partial charge in [0.15, 0.2) is 22.8 Å². The van der Waals surface area contributed by atoms with Gasteiger partial charge in [-0.2, -0.15) is 0 Å². The van der Waals surface area contributed by atoms with Crippen LogP contribution in [0.1, 0.15) is 12.7 Å². The Morgan fingerprint density at radius 2 is 1.86 bits per heavy atom. The number of fused-ring (bicyclic) bond motifs is 2. The number of rotatable bonds is 2. The molecule has 1 aromatic carbocycles. The Bertz CT molecular complexity index is 990. The zero-order valence-electron chi connectivity index (χ0n) is 11.9. The molecule has 0 radical (unpaired) electrons. The van der Waals surface area contributed by atoms with Gasteiger partial charge >= 0.3 is 0 Å². The first-order chi connectivity index (χ1) is 10.8. The standard InChI is InChI=1S/C15H13N7/c1-2-11-21-13-14(16)18-8-19-15(13)22(11)12-7-17-9-5-3-4-6-10(9)20-12/h3-8H,2H2,1H3,(H2,16,18,19). The molecule has 0 saturated heterocycles. The molecular formula is C15H13N7. The van der Waals surface area contributed by atoms with Crippen molar-refractivity contribution in [1.29, 1.82) is 0 Å². The monoisotopic (exact) mass is 291 g/mol. The van der Waals surface area contributed by atoms with Crippen LogP contribution >= 0.6 is 0 Å². The lowest BCUT2D eigenvalue weighted by Crippen LogP contribution is -2.04. The molecule has 0 amide bonds. The number of nitrogens with zero attached hydrogens (tertiary/aromatic N) is 6. The Labute approximate surface area is 125 Å². The van der Waals surface area contributed by atoms with E-state index in [-0.39, 0.29) is 0 Å². The molecule has 4 aromatic rings. The average Bonchev–Trinajstić information content (AvgIpc) is 2.94. The van der Waals surface area contributed by atoms with Crippen molar-refractivity contribution in [2.45, 2.75) is 13.3 Å². The average molecular weight is 291 g/mol. The van der Waals surface area contributed by atoms with Crippen molar-refractivity contribution >= 4 is 28.0 Å². The molecule has 0 atom stereocenters. The molecule has 4 rings (SSSR count). The third-order valence-corrected chi connectivity index (χ3v) is 3.52. The number of nitrogens with two attached hydrogens (primary N) is 1. The molecule has 0 fully saturated rings. The quantitative estimate of drug-likeness (QED) is 0.606. The second-order valence-corrected chi connectivity index (χ2v) is 4.87. The van der Waals surface area contributed by atoms with Crippen LogP contribution < -0.4 is 5.73 Å². The van der Waals surface area contributed by atoms with Crippen LogP contribution in [0.25, 0.3) is 28.0 Å². The first-order valence-corrected chi connectivity index (χ1v) is 6.98. The smallest absolute Gasteiger partial charge is 0.171 e. The molecule has 0 aliphatic carbocycles. The number of aryl methyl sites for hydroxylation is 1. The van der Waals surface area contributed by atoms with Crippen molar-refractivity contribution in [3.05, 3.63) is 42.6 Å². The van der Waals surface area contributed by atoms with E-state index in [1.807, 2.05) is 35.8 Å². The Balaban J connectivity index is 2.04. The van der Waals surface area contributed by atoms with Crippen molar-refractivity contribution in [2.24, 2.45) is 0 Å². The molecule has 22 heavy (non-hydrogen) atoms. The van der Waals surface area contributed by atoms with Gasteiger partial charge in [-0.3, -0.25) is 9.55 Å². The summed E-state index contributed by atoms with van der Waals surface area (Å²) in [6.45, 7) is 2.02. The molecular weight excluding hydrogens is 278 g/mol. The third-order valence-electron chi connectivity index (χ3n) is 3.52. The highest BCUT2D eigenvalue weighted by molar-refractivity contribution is 5.83.